The zero-order valence-corrected chi connectivity index (χ0v) is 13.6. The fourth-order valence-corrected chi connectivity index (χ4v) is 4.08. The number of piperazine rings is 1. The van der Waals surface area contributed by atoms with Crippen LogP contribution in [-0.2, 0) is 4.79 Å². The van der Waals surface area contributed by atoms with Crippen molar-refractivity contribution in [3.8, 4) is 0 Å². The van der Waals surface area contributed by atoms with Crippen LogP contribution in [0.25, 0.3) is 0 Å². The fraction of sp³-hybridized carbons (Fsp3) is 0.938. The summed E-state index contributed by atoms with van der Waals surface area (Å²) in [4.78, 5) is 20.0. The second-order valence-corrected chi connectivity index (χ2v) is 7.23. The van der Waals surface area contributed by atoms with Gasteiger partial charge in [0.1, 0.15) is 0 Å². The lowest BCUT2D eigenvalue weighted by molar-refractivity contribution is -0.142. The minimum atomic E-state index is -0.359. The van der Waals surface area contributed by atoms with Crippen molar-refractivity contribution in [2.45, 2.75) is 44.7 Å². The monoisotopic (exact) mass is 294 g/mol. The minimum Gasteiger partial charge on any atom is -0.339 e. The lowest BCUT2D eigenvalue weighted by Crippen LogP contribution is -2.60. The molecule has 120 valence electrons. The Morgan fingerprint density at radius 2 is 1.71 bits per heavy atom. The molecule has 1 atom stereocenters. The van der Waals surface area contributed by atoms with Gasteiger partial charge in [-0.25, -0.2) is 0 Å². The number of carbonyl (C=O) groups excluding carboxylic acids is 1. The molecule has 0 radical (unpaired) electrons. The van der Waals surface area contributed by atoms with Crippen LogP contribution in [0.15, 0.2) is 0 Å². The van der Waals surface area contributed by atoms with E-state index in [-0.39, 0.29) is 5.54 Å². The first-order chi connectivity index (χ1) is 10.1. The largest absolute Gasteiger partial charge is 0.339 e. The number of carbonyl (C=O) groups is 1. The van der Waals surface area contributed by atoms with Crippen LogP contribution >= 0.6 is 0 Å². The van der Waals surface area contributed by atoms with Crippen molar-refractivity contribution in [1.29, 1.82) is 0 Å². The second kappa shape index (κ2) is 6.23. The summed E-state index contributed by atoms with van der Waals surface area (Å²) >= 11 is 0. The highest BCUT2D eigenvalue weighted by Crippen LogP contribution is 2.25. The summed E-state index contributed by atoms with van der Waals surface area (Å²) in [5.74, 6) is 0.325. The Bertz CT molecular complexity index is 372. The SMILES string of the molecule is CC(C)(C(=O)N1CCC(N2CCCC2)C1)N1CCNCC1. The molecule has 5 heteroatoms. The van der Waals surface area contributed by atoms with Gasteiger partial charge in [0.2, 0.25) is 5.91 Å². The number of hydrogen-bond donors (Lipinski definition) is 1. The van der Waals surface area contributed by atoms with Crippen LogP contribution in [-0.4, -0.2) is 84.5 Å². The molecule has 1 unspecified atom stereocenters. The van der Waals surface area contributed by atoms with Crippen molar-refractivity contribution in [3.63, 3.8) is 0 Å². The van der Waals surface area contributed by atoms with Crippen LogP contribution in [0.3, 0.4) is 0 Å². The molecule has 3 heterocycles. The highest BCUT2D eigenvalue weighted by Gasteiger charge is 2.41. The van der Waals surface area contributed by atoms with Crippen molar-refractivity contribution in [2.24, 2.45) is 0 Å². The smallest absolute Gasteiger partial charge is 0.242 e. The zero-order valence-electron chi connectivity index (χ0n) is 13.6. The number of nitrogens with one attached hydrogen (secondary N) is 1. The van der Waals surface area contributed by atoms with Gasteiger partial charge in [-0.2, -0.15) is 0 Å². The number of likely N-dealkylation sites (tertiary alicyclic amines) is 2. The van der Waals surface area contributed by atoms with E-state index in [9.17, 15) is 4.79 Å². The van der Waals surface area contributed by atoms with Crippen molar-refractivity contribution in [1.82, 2.24) is 20.0 Å². The van der Waals surface area contributed by atoms with Crippen LogP contribution in [0.4, 0.5) is 0 Å². The maximum Gasteiger partial charge on any atom is 0.242 e. The molecule has 1 N–H and O–H groups in total. The zero-order chi connectivity index (χ0) is 14.9. The Morgan fingerprint density at radius 1 is 1.05 bits per heavy atom. The van der Waals surface area contributed by atoms with E-state index < -0.39 is 0 Å². The van der Waals surface area contributed by atoms with Gasteiger partial charge in [-0.1, -0.05) is 0 Å². The van der Waals surface area contributed by atoms with Gasteiger partial charge in [0.15, 0.2) is 0 Å². The summed E-state index contributed by atoms with van der Waals surface area (Å²) < 4.78 is 0. The maximum absolute atomic E-state index is 13.0. The number of rotatable bonds is 3. The average Bonchev–Trinajstić information content (AvgIpc) is 3.18. The molecule has 0 saturated carbocycles. The minimum absolute atomic E-state index is 0.325. The molecule has 3 aliphatic rings. The van der Waals surface area contributed by atoms with Gasteiger partial charge < -0.3 is 10.2 Å². The van der Waals surface area contributed by atoms with Gasteiger partial charge >= 0.3 is 0 Å². The Kier molecular flexibility index (Phi) is 4.52. The highest BCUT2D eigenvalue weighted by atomic mass is 16.2. The Morgan fingerprint density at radius 3 is 2.38 bits per heavy atom. The van der Waals surface area contributed by atoms with E-state index >= 15 is 0 Å². The summed E-state index contributed by atoms with van der Waals surface area (Å²) in [6.45, 7) is 12.5. The molecule has 0 aromatic carbocycles. The topological polar surface area (TPSA) is 38.8 Å². The molecule has 3 rings (SSSR count). The summed E-state index contributed by atoms with van der Waals surface area (Å²) in [5.41, 5.74) is -0.359. The summed E-state index contributed by atoms with van der Waals surface area (Å²) in [6.07, 6.45) is 3.82. The predicted octanol–water partition coefficient (Wildman–Crippen LogP) is 0.367. The maximum atomic E-state index is 13.0. The Hall–Kier alpha value is -0.650. The first-order valence-electron chi connectivity index (χ1n) is 8.58. The van der Waals surface area contributed by atoms with E-state index in [1.54, 1.807) is 0 Å². The third-order valence-electron chi connectivity index (χ3n) is 5.54. The Labute approximate surface area is 128 Å². The molecular weight excluding hydrogens is 264 g/mol. The molecule has 0 aromatic rings. The van der Waals surface area contributed by atoms with Gasteiger partial charge in [-0.15, -0.1) is 0 Å². The second-order valence-electron chi connectivity index (χ2n) is 7.23. The molecule has 1 amide bonds. The molecule has 0 spiro atoms. The molecule has 21 heavy (non-hydrogen) atoms. The standard InChI is InChI=1S/C16H30N4O/c1-16(2,20-11-6-17-7-12-20)15(21)19-10-5-14(13-19)18-8-3-4-9-18/h14,17H,3-13H2,1-2H3. The Balaban J connectivity index is 1.59. The summed E-state index contributed by atoms with van der Waals surface area (Å²) in [7, 11) is 0. The van der Waals surface area contributed by atoms with Gasteiger partial charge in [0.25, 0.3) is 0 Å². The van der Waals surface area contributed by atoms with Crippen LogP contribution < -0.4 is 5.32 Å². The van der Waals surface area contributed by atoms with E-state index in [4.69, 9.17) is 0 Å². The highest BCUT2D eigenvalue weighted by molar-refractivity contribution is 5.85. The quantitative estimate of drug-likeness (QED) is 0.816. The van der Waals surface area contributed by atoms with Crippen LogP contribution in [0, 0.1) is 0 Å². The van der Waals surface area contributed by atoms with Crippen molar-refractivity contribution in [3.05, 3.63) is 0 Å². The van der Waals surface area contributed by atoms with Crippen molar-refractivity contribution < 1.29 is 4.79 Å². The van der Waals surface area contributed by atoms with Crippen molar-refractivity contribution in [2.75, 3.05) is 52.4 Å². The van der Waals surface area contributed by atoms with Gasteiger partial charge in [-0.05, 0) is 46.2 Å². The number of amides is 1. The van der Waals surface area contributed by atoms with Gasteiger partial charge in [0.05, 0.1) is 5.54 Å². The summed E-state index contributed by atoms with van der Waals surface area (Å²) in [5, 5.41) is 3.37. The first kappa shape index (κ1) is 15.3. The van der Waals surface area contributed by atoms with E-state index in [0.717, 1.165) is 45.7 Å². The number of hydrogen-bond acceptors (Lipinski definition) is 4. The predicted molar refractivity (Wildman–Crippen MR) is 84.3 cm³/mol. The number of nitrogens with zero attached hydrogens (tertiary/aromatic N) is 3. The van der Waals surface area contributed by atoms with Gasteiger partial charge in [0, 0.05) is 45.3 Å². The van der Waals surface area contributed by atoms with Crippen molar-refractivity contribution >= 4 is 5.91 Å². The third-order valence-corrected chi connectivity index (χ3v) is 5.54. The molecule has 0 aromatic heterocycles. The van der Waals surface area contributed by atoms with E-state index in [0.29, 0.717) is 11.9 Å². The van der Waals surface area contributed by atoms with Crippen LogP contribution in [0.1, 0.15) is 33.1 Å². The molecule has 3 saturated heterocycles. The normalized spacial score (nSPS) is 29.2. The van der Waals surface area contributed by atoms with Crippen LogP contribution in [0.2, 0.25) is 0 Å². The summed E-state index contributed by atoms with van der Waals surface area (Å²) in [6, 6.07) is 0.607. The van der Waals surface area contributed by atoms with E-state index in [1.165, 1.54) is 25.9 Å². The molecule has 0 bridgehead atoms. The lowest BCUT2D eigenvalue weighted by Gasteiger charge is -2.41. The first-order valence-corrected chi connectivity index (χ1v) is 8.58. The third kappa shape index (κ3) is 3.10. The molecular formula is C16H30N4O. The van der Waals surface area contributed by atoms with Gasteiger partial charge in [-0.3, -0.25) is 14.6 Å². The molecule has 3 aliphatic heterocycles. The van der Waals surface area contributed by atoms with Crippen LogP contribution in [0.5, 0.6) is 0 Å². The average molecular weight is 294 g/mol. The molecule has 5 nitrogen and oxygen atoms in total. The van der Waals surface area contributed by atoms with E-state index in [2.05, 4.69) is 33.9 Å². The molecule has 0 aliphatic carbocycles. The molecule has 3 fully saturated rings. The van der Waals surface area contributed by atoms with E-state index in [1.807, 2.05) is 0 Å². The fourth-order valence-electron chi connectivity index (χ4n) is 4.08. The lowest BCUT2D eigenvalue weighted by atomic mass is 9.99.